The lowest BCUT2D eigenvalue weighted by Gasteiger charge is -2.21. The average molecular weight is 703 g/mol. The van der Waals surface area contributed by atoms with Crippen molar-refractivity contribution in [3.05, 3.63) is 102 Å². The van der Waals surface area contributed by atoms with Gasteiger partial charge >= 0.3 is 24.7 Å². The predicted molar refractivity (Wildman–Crippen MR) is 138 cm³/mol. The third kappa shape index (κ3) is 6.43. The van der Waals surface area contributed by atoms with Gasteiger partial charge in [0.2, 0.25) is 0 Å². The number of hydrogen-bond acceptors (Lipinski definition) is 7. The Hall–Kier alpha value is -7.01. The molecule has 0 bridgehead atoms. The molecule has 0 saturated carbocycles. The van der Waals surface area contributed by atoms with Gasteiger partial charge in [0, 0.05) is 21.6 Å². The average Bonchev–Trinajstić information content (AvgIpc) is 3.02. The molecule has 0 aliphatic heterocycles. The van der Waals surface area contributed by atoms with E-state index in [1.54, 1.807) is 0 Å². The zero-order valence-electron chi connectivity index (χ0n) is 23.6. The monoisotopic (exact) mass is 703 g/mol. The lowest BCUT2D eigenvalue weighted by Crippen LogP contribution is -2.28. The van der Waals surface area contributed by atoms with Gasteiger partial charge in [-0.25, -0.2) is 0 Å². The molecule has 0 aliphatic rings. The zero-order valence-corrected chi connectivity index (χ0v) is 23.6. The van der Waals surface area contributed by atoms with E-state index in [0.717, 1.165) is 24.3 Å². The van der Waals surface area contributed by atoms with Crippen LogP contribution in [0.2, 0.25) is 0 Å². The Balaban J connectivity index is 2.86. The highest BCUT2D eigenvalue weighted by Crippen LogP contribution is 2.46. The molecule has 19 heteroatoms. The lowest BCUT2D eigenvalue weighted by atomic mass is 9.86. The number of halogens is 12. The molecule has 3 rings (SSSR count). The van der Waals surface area contributed by atoms with Crippen LogP contribution in [0.1, 0.15) is 61.2 Å². The molecule has 0 N–H and O–H groups in total. The molecule has 7 nitrogen and oxygen atoms in total. The van der Waals surface area contributed by atoms with Crippen LogP contribution in [0, 0.1) is 79.3 Å². The maximum Gasteiger partial charge on any atom is 0.418 e. The summed E-state index contributed by atoms with van der Waals surface area (Å²) in [5.74, 6) is 0. The zero-order chi connectivity index (χ0) is 38.1. The van der Waals surface area contributed by atoms with E-state index in [2.05, 4.69) is 0 Å². The molecule has 3 aromatic carbocycles. The summed E-state index contributed by atoms with van der Waals surface area (Å²) >= 11 is 0. The van der Waals surface area contributed by atoms with Crippen molar-refractivity contribution in [2.45, 2.75) is 24.7 Å². The van der Waals surface area contributed by atoms with Crippen LogP contribution in [0.4, 0.5) is 52.7 Å². The second-order valence-electron chi connectivity index (χ2n) is 9.44. The van der Waals surface area contributed by atoms with Crippen molar-refractivity contribution < 1.29 is 52.7 Å². The second-order valence-corrected chi connectivity index (χ2v) is 9.44. The molecule has 0 fully saturated rings. The highest BCUT2D eigenvalue weighted by atomic mass is 19.4. The number of rotatable bonds is 2. The smallest absolute Gasteiger partial charge is 0.192 e. The van der Waals surface area contributed by atoms with Crippen LogP contribution in [0.25, 0.3) is 11.1 Å². The van der Waals surface area contributed by atoms with E-state index in [1.807, 2.05) is 0 Å². The molecular weight excluding hydrogens is 698 g/mol. The van der Waals surface area contributed by atoms with Crippen molar-refractivity contribution in [3.63, 3.8) is 0 Å². The summed E-state index contributed by atoms with van der Waals surface area (Å²) in [5.41, 5.74) is -23.6. The number of alkyl halides is 12. The Bertz CT molecular complexity index is 2400. The van der Waals surface area contributed by atoms with E-state index in [0.29, 0.717) is 0 Å². The maximum atomic E-state index is 14.2. The molecule has 0 amide bonds. The Kier molecular flexibility index (Phi) is 9.65. The largest absolute Gasteiger partial charge is 0.418 e. The van der Waals surface area contributed by atoms with Gasteiger partial charge in [-0.15, -0.1) is 0 Å². The summed E-state index contributed by atoms with van der Waals surface area (Å²) in [6.45, 7) is 0. The Morgan fingerprint density at radius 1 is 0.420 bits per heavy atom. The molecule has 3 aromatic rings. The molecule has 0 saturated heterocycles. The minimum atomic E-state index is -5.99. The molecule has 50 heavy (non-hydrogen) atoms. The summed E-state index contributed by atoms with van der Waals surface area (Å²) in [6.07, 6.45) is -23.7. The third-order valence-corrected chi connectivity index (χ3v) is 6.74. The number of nitriles is 7. The van der Waals surface area contributed by atoms with E-state index in [4.69, 9.17) is 10.5 Å². The molecule has 0 unspecified atom stereocenters. The van der Waals surface area contributed by atoms with Crippen LogP contribution in [-0.4, -0.2) is 0 Å². The normalized spacial score (nSPS) is 12.9. The van der Waals surface area contributed by atoms with Crippen LogP contribution in [0.15, 0.2) is 30.3 Å². The van der Waals surface area contributed by atoms with Gasteiger partial charge in [-0.3, -0.25) is 0 Å². The summed E-state index contributed by atoms with van der Waals surface area (Å²) in [7, 11) is 0. The molecule has 0 aromatic heterocycles. The van der Waals surface area contributed by atoms with Gasteiger partial charge in [0.05, 0.1) is 79.4 Å². The second kappa shape index (κ2) is 12.9. The molecule has 0 atom stereocenters. The SMILES string of the molecule is N#C/C(c1ccc(C#N)c(C(F)(F)F)c1C(F)(F)F)=c1\cc(C#N)/c(=C(\C#N)c2ccc(C#N)c(C(F)(F)F)c2C(F)(F)F)c(C#N)c1C#N. The van der Waals surface area contributed by atoms with Crippen molar-refractivity contribution >= 4 is 11.1 Å². The van der Waals surface area contributed by atoms with Gasteiger partial charge in [0.15, 0.2) is 0 Å². The molecule has 0 spiro atoms. The summed E-state index contributed by atoms with van der Waals surface area (Å²) in [5, 5.41) is 65.2. The summed E-state index contributed by atoms with van der Waals surface area (Å²) in [6, 6.07) is 8.91. The summed E-state index contributed by atoms with van der Waals surface area (Å²) < 4.78 is 169. The highest BCUT2D eigenvalue weighted by Gasteiger charge is 2.49. The summed E-state index contributed by atoms with van der Waals surface area (Å²) in [4.78, 5) is 0. The molecule has 0 heterocycles. The molecule has 0 radical (unpaired) electrons. The van der Waals surface area contributed by atoms with Gasteiger partial charge < -0.3 is 0 Å². The number of nitrogens with zero attached hydrogens (tertiary/aromatic N) is 7. The van der Waals surface area contributed by atoms with E-state index >= 15 is 0 Å². The maximum absolute atomic E-state index is 14.2. The van der Waals surface area contributed by atoms with Crippen molar-refractivity contribution in [1.29, 1.82) is 36.8 Å². The fraction of sp³-hybridized carbons (Fsp3) is 0.129. The van der Waals surface area contributed by atoms with Gasteiger partial charge in [-0.2, -0.15) is 89.5 Å². The van der Waals surface area contributed by atoms with E-state index < -0.39 is 107 Å². The standard InChI is InChI=1S/C31H5F12N7/c32-28(33,34)24-13(6-44)1-3-16(26(24)30(38,39)40)19(9-47)18-5-15(8-46)23(22(12-50)20(18)10-48)21(11-49)17-4-2-14(7-45)25(29(35,36)37)27(17)31(41,42)43/h1-5H/b19-18-,23-21-. The van der Waals surface area contributed by atoms with E-state index in [1.165, 1.54) is 18.2 Å². The van der Waals surface area contributed by atoms with Gasteiger partial charge in [0.25, 0.3) is 0 Å². The lowest BCUT2D eigenvalue weighted by molar-refractivity contribution is -0.162. The predicted octanol–water partition coefficient (Wildman–Crippen LogP) is 6.57. The van der Waals surface area contributed by atoms with Crippen LogP contribution < -0.4 is 10.4 Å². The third-order valence-electron chi connectivity index (χ3n) is 6.74. The molecule has 248 valence electrons. The molecule has 0 aliphatic carbocycles. The fourth-order valence-corrected chi connectivity index (χ4v) is 4.96. The first-order valence-corrected chi connectivity index (χ1v) is 12.5. The van der Waals surface area contributed by atoms with Crippen LogP contribution >= 0.6 is 0 Å². The van der Waals surface area contributed by atoms with Crippen molar-refractivity contribution in [3.8, 4) is 42.5 Å². The number of benzene rings is 3. The van der Waals surface area contributed by atoms with E-state index in [9.17, 15) is 79.0 Å². The Morgan fingerprint density at radius 3 is 1.08 bits per heavy atom. The topological polar surface area (TPSA) is 167 Å². The van der Waals surface area contributed by atoms with Gasteiger partial charge in [-0.1, -0.05) is 12.1 Å². The van der Waals surface area contributed by atoms with Crippen LogP contribution in [0.5, 0.6) is 0 Å². The van der Waals surface area contributed by atoms with Gasteiger partial charge in [0.1, 0.15) is 24.3 Å². The minimum Gasteiger partial charge on any atom is -0.192 e. The van der Waals surface area contributed by atoms with Crippen molar-refractivity contribution in [1.82, 2.24) is 0 Å². The van der Waals surface area contributed by atoms with Crippen molar-refractivity contribution in [2.24, 2.45) is 0 Å². The first-order chi connectivity index (χ1) is 23.1. The minimum absolute atomic E-state index is 0.218. The fourth-order valence-electron chi connectivity index (χ4n) is 4.96. The first kappa shape index (κ1) is 37.4. The Morgan fingerprint density at radius 2 is 0.780 bits per heavy atom. The number of hydrogen-bond donors (Lipinski definition) is 0. The van der Waals surface area contributed by atoms with Crippen molar-refractivity contribution in [2.75, 3.05) is 0 Å². The van der Waals surface area contributed by atoms with Crippen LogP contribution in [0.3, 0.4) is 0 Å². The highest BCUT2D eigenvalue weighted by molar-refractivity contribution is 5.85. The van der Waals surface area contributed by atoms with Crippen LogP contribution in [-0.2, 0) is 24.7 Å². The van der Waals surface area contributed by atoms with Gasteiger partial charge in [-0.05, 0) is 18.2 Å². The first-order valence-electron chi connectivity index (χ1n) is 12.5. The Labute approximate surface area is 270 Å². The quantitative estimate of drug-likeness (QED) is 0.272. The van der Waals surface area contributed by atoms with E-state index in [-0.39, 0.29) is 30.3 Å². The molecular formula is C31H5F12N7.